The lowest BCUT2D eigenvalue weighted by Gasteiger charge is -2.28. The topological polar surface area (TPSA) is 72.9 Å². The lowest BCUT2D eigenvalue weighted by atomic mass is 10.1. The number of aromatic nitrogens is 4. The quantitative estimate of drug-likeness (QED) is 0.337. The number of rotatable bonds is 5. The summed E-state index contributed by atoms with van der Waals surface area (Å²) >= 11 is 7.58. The van der Waals surface area contributed by atoms with Crippen LogP contribution in [-0.4, -0.2) is 31.0 Å². The first kappa shape index (κ1) is 21.3. The molecule has 0 fully saturated rings. The van der Waals surface area contributed by atoms with E-state index in [1.54, 1.807) is 0 Å². The van der Waals surface area contributed by atoms with E-state index in [0.29, 0.717) is 4.47 Å². The molecule has 0 amide bonds. The van der Waals surface area contributed by atoms with Gasteiger partial charge in [0.2, 0.25) is 0 Å². The van der Waals surface area contributed by atoms with Crippen molar-refractivity contribution in [2.45, 2.75) is 26.1 Å². The highest BCUT2D eigenvalue weighted by molar-refractivity contribution is 7.15. The highest BCUT2D eigenvalue weighted by Gasteiger charge is 2.20. The normalized spacial score (nSPS) is 13.9. The molecule has 5 aromatic rings. The third-order valence-corrected chi connectivity index (χ3v) is 7.40. The van der Waals surface area contributed by atoms with E-state index in [4.69, 9.17) is 22.3 Å². The Bertz CT molecular complexity index is 1470. The Labute approximate surface area is 206 Å². The summed E-state index contributed by atoms with van der Waals surface area (Å²) in [5, 5.41) is 1.29. The Hall–Kier alpha value is -3.26. The third-order valence-electron chi connectivity index (χ3n) is 6.30. The van der Waals surface area contributed by atoms with Gasteiger partial charge in [0, 0.05) is 77.2 Å². The number of nitrogens with zero attached hydrogens (tertiary/aromatic N) is 5. The first-order chi connectivity index (χ1) is 16.6. The summed E-state index contributed by atoms with van der Waals surface area (Å²) in [6.45, 7) is 3.47. The second-order valence-corrected chi connectivity index (χ2v) is 10.3. The van der Waals surface area contributed by atoms with Crippen LogP contribution in [0.3, 0.4) is 0 Å². The number of benzene rings is 2. The molecule has 170 valence electrons. The first-order valence-electron chi connectivity index (χ1n) is 11.2. The predicted molar refractivity (Wildman–Crippen MR) is 138 cm³/mol. The average Bonchev–Trinajstić information content (AvgIpc) is 3.42. The number of thiazole rings is 1. The van der Waals surface area contributed by atoms with E-state index in [-0.39, 0.29) is 0 Å². The summed E-state index contributed by atoms with van der Waals surface area (Å²) in [6, 6.07) is 16.3. The molecule has 2 N–H and O–H groups in total. The van der Waals surface area contributed by atoms with Crippen molar-refractivity contribution < 1.29 is 0 Å². The van der Waals surface area contributed by atoms with Crippen LogP contribution in [0.15, 0.2) is 67.1 Å². The van der Waals surface area contributed by atoms with E-state index in [2.05, 4.69) is 49.9 Å². The van der Waals surface area contributed by atoms with Gasteiger partial charge in [-0.2, -0.15) is 0 Å². The van der Waals surface area contributed by atoms with Crippen molar-refractivity contribution in [2.75, 3.05) is 12.3 Å². The molecule has 0 bridgehead atoms. The molecule has 0 unspecified atom stereocenters. The zero-order valence-corrected chi connectivity index (χ0v) is 20.1. The Morgan fingerprint density at radius 2 is 1.85 bits per heavy atom. The van der Waals surface area contributed by atoms with Crippen LogP contribution in [0.25, 0.3) is 22.3 Å². The molecule has 0 atom stereocenters. The van der Waals surface area contributed by atoms with Gasteiger partial charge in [-0.05, 0) is 35.9 Å². The summed E-state index contributed by atoms with van der Waals surface area (Å²) in [4.78, 5) is 17.3. The number of anilines is 1. The zero-order valence-electron chi connectivity index (χ0n) is 18.5. The van der Waals surface area contributed by atoms with Crippen LogP contribution in [0.1, 0.15) is 21.7 Å². The molecule has 0 radical (unpaired) electrons. The molecule has 6 nitrogen and oxygen atoms in total. The van der Waals surface area contributed by atoms with E-state index < -0.39 is 0 Å². The van der Waals surface area contributed by atoms with Crippen LogP contribution in [0.2, 0.25) is 4.47 Å². The van der Waals surface area contributed by atoms with E-state index >= 15 is 0 Å². The highest BCUT2D eigenvalue weighted by atomic mass is 35.5. The van der Waals surface area contributed by atoms with Crippen molar-refractivity contribution in [1.82, 2.24) is 24.4 Å². The maximum Gasteiger partial charge on any atom is 0.183 e. The molecule has 1 aliphatic heterocycles. The number of para-hydroxylation sites is 1. The van der Waals surface area contributed by atoms with Gasteiger partial charge in [-0.3, -0.25) is 4.90 Å². The second kappa shape index (κ2) is 8.83. The third kappa shape index (κ3) is 4.18. The molecule has 8 heteroatoms. The van der Waals surface area contributed by atoms with E-state index in [1.165, 1.54) is 33.4 Å². The van der Waals surface area contributed by atoms with E-state index in [0.717, 1.165) is 60.2 Å². The molecule has 3 aromatic heterocycles. The fourth-order valence-electron chi connectivity index (χ4n) is 4.63. The van der Waals surface area contributed by atoms with Gasteiger partial charge in [-0.1, -0.05) is 29.8 Å². The van der Waals surface area contributed by atoms with Gasteiger partial charge in [-0.15, -0.1) is 11.3 Å². The molecule has 0 spiro atoms. The largest absolute Gasteiger partial charge is 0.399 e. The maximum absolute atomic E-state index is 6.05. The van der Waals surface area contributed by atoms with Crippen molar-refractivity contribution in [3.63, 3.8) is 0 Å². The average molecular weight is 487 g/mol. The Balaban J connectivity index is 1.23. The minimum absolute atomic E-state index is 0.584. The minimum Gasteiger partial charge on any atom is -0.399 e. The molecule has 0 saturated heterocycles. The number of hydrogen-bond donors (Lipinski definition) is 1. The first-order valence-corrected chi connectivity index (χ1v) is 12.4. The molecule has 4 heterocycles. The standard InChI is InChI=1S/C26H23ClN6S/c27-26-30-12-21(34-26)16-33-15-19(22-3-1-2-4-24(22)33)14-32-10-9-23-18(13-32)11-29-25(31-23)17-5-7-20(28)8-6-17/h1-8,11-12,15H,9-10,13-14,16,28H2. The smallest absolute Gasteiger partial charge is 0.183 e. The van der Waals surface area contributed by atoms with Crippen molar-refractivity contribution in [3.05, 3.63) is 93.3 Å². The van der Waals surface area contributed by atoms with Crippen LogP contribution in [0.4, 0.5) is 5.69 Å². The van der Waals surface area contributed by atoms with Crippen molar-refractivity contribution in [3.8, 4) is 11.4 Å². The maximum atomic E-state index is 6.05. The number of nitrogen functional groups attached to an aromatic ring is 1. The second-order valence-electron chi connectivity index (χ2n) is 8.63. The Morgan fingerprint density at radius 3 is 2.68 bits per heavy atom. The van der Waals surface area contributed by atoms with Crippen molar-refractivity contribution in [2.24, 2.45) is 0 Å². The van der Waals surface area contributed by atoms with Crippen LogP contribution in [0, 0.1) is 0 Å². The van der Waals surface area contributed by atoms with Gasteiger partial charge in [0.15, 0.2) is 10.3 Å². The number of fused-ring (bicyclic) bond motifs is 2. The number of halogens is 1. The fraction of sp³-hybridized carbons (Fsp3) is 0.192. The number of hydrogen-bond acceptors (Lipinski definition) is 6. The molecule has 0 aliphatic carbocycles. The van der Waals surface area contributed by atoms with Gasteiger partial charge in [0.25, 0.3) is 0 Å². The monoisotopic (exact) mass is 486 g/mol. The fourth-order valence-corrected chi connectivity index (χ4v) is 5.60. The Kier molecular flexibility index (Phi) is 5.53. The molecule has 6 rings (SSSR count). The predicted octanol–water partition coefficient (Wildman–Crippen LogP) is 5.40. The molecule has 0 saturated carbocycles. The SMILES string of the molecule is Nc1ccc(-c2ncc3c(n2)CCN(Cc2cn(Cc4cnc(Cl)s4)c4ccccc24)C3)cc1. The number of nitrogens with two attached hydrogens (primary N) is 1. The van der Waals surface area contributed by atoms with Gasteiger partial charge >= 0.3 is 0 Å². The summed E-state index contributed by atoms with van der Waals surface area (Å²) < 4.78 is 2.88. The lowest BCUT2D eigenvalue weighted by Crippen LogP contribution is -2.30. The zero-order chi connectivity index (χ0) is 23.1. The highest BCUT2D eigenvalue weighted by Crippen LogP contribution is 2.28. The van der Waals surface area contributed by atoms with Gasteiger partial charge < -0.3 is 10.3 Å². The van der Waals surface area contributed by atoms with Crippen molar-refractivity contribution in [1.29, 1.82) is 0 Å². The van der Waals surface area contributed by atoms with E-state index in [1.807, 2.05) is 36.7 Å². The molecule has 34 heavy (non-hydrogen) atoms. The molecular weight excluding hydrogens is 464 g/mol. The summed E-state index contributed by atoms with van der Waals surface area (Å²) in [5.41, 5.74) is 12.5. The van der Waals surface area contributed by atoms with Gasteiger partial charge in [0.1, 0.15) is 0 Å². The van der Waals surface area contributed by atoms with Crippen molar-refractivity contribution >= 4 is 39.5 Å². The molecular formula is C26H23ClN6S. The van der Waals surface area contributed by atoms with Gasteiger partial charge in [0.05, 0.1) is 12.2 Å². The Morgan fingerprint density at radius 1 is 1.00 bits per heavy atom. The summed E-state index contributed by atoms with van der Waals surface area (Å²) in [6.07, 6.45) is 7.03. The van der Waals surface area contributed by atoms with Crippen LogP contribution in [0.5, 0.6) is 0 Å². The minimum atomic E-state index is 0.584. The van der Waals surface area contributed by atoms with Crippen LogP contribution in [-0.2, 0) is 26.1 Å². The molecule has 1 aliphatic rings. The summed E-state index contributed by atoms with van der Waals surface area (Å²) in [7, 11) is 0. The lowest BCUT2D eigenvalue weighted by molar-refractivity contribution is 0.243. The molecule has 2 aromatic carbocycles. The van der Waals surface area contributed by atoms with Gasteiger partial charge in [-0.25, -0.2) is 15.0 Å². The van der Waals surface area contributed by atoms with Crippen LogP contribution < -0.4 is 5.73 Å². The van der Waals surface area contributed by atoms with Crippen LogP contribution >= 0.6 is 22.9 Å². The summed E-state index contributed by atoms with van der Waals surface area (Å²) in [5.74, 6) is 0.762. The van der Waals surface area contributed by atoms with E-state index in [9.17, 15) is 0 Å².